The van der Waals surface area contributed by atoms with Gasteiger partial charge >= 0.3 is 6.18 Å². The molecule has 106 valence electrons. The van der Waals surface area contributed by atoms with Gasteiger partial charge in [0.05, 0.1) is 16.3 Å². The summed E-state index contributed by atoms with van der Waals surface area (Å²) in [6.45, 7) is 0.331. The fraction of sp³-hybridized carbons (Fsp3) is 0.455. The van der Waals surface area contributed by atoms with Crippen LogP contribution in [0.2, 0.25) is 0 Å². The van der Waals surface area contributed by atoms with Crippen LogP contribution < -0.4 is 11.1 Å². The minimum absolute atomic E-state index is 0.0311. The topological polar surface area (TPSA) is 81.2 Å². The fourth-order valence-corrected chi connectivity index (χ4v) is 1.50. The Kier molecular flexibility index (Phi) is 4.96. The van der Waals surface area contributed by atoms with E-state index in [2.05, 4.69) is 5.32 Å². The molecule has 0 aliphatic carbocycles. The normalized spacial score (nSPS) is 11.3. The SMILES string of the molecule is Nc1cc([N+](=O)[O-])ccc1NCCCCC(F)(F)F. The highest BCUT2D eigenvalue weighted by molar-refractivity contribution is 5.69. The van der Waals surface area contributed by atoms with Crippen molar-refractivity contribution in [1.82, 2.24) is 0 Å². The van der Waals surface area contributed by atoms with Gasteiger partial charge in [-0.05, 0) is 18.9 Å². The van der Waals surface area contributed by atoms with Gasteiger partial charge in [0, 0.05) is 25.1 Å². The maximum atomic E-state index is 11.9. The van der Waals surface area contributed by atoms with Gasteiger partial charge in [-0.25, -0.2) is 0 Å². The quantitative estimate of drug-likeness (QED) is 0.362. The highest BCUT2D eigenvalue weighted by atomic mass is 19.4. The van der Waals surface area contributed by atoms with Crippen LogP contribution in [0.1, 0.15) is 19.3 Å². The molecule has 0 saturated carbocycles. The molecule has 5 nitrogen and oxygen atoms in total. The number of nitrogens with one attached hydrogen (secondary N) is 1. The van der Waals surface area contributed by atoms with Gasteiger partial charge in [0.25, 0.3) is 5.69 Å². The Hall–Kier alpha value is -1.99. The molecule has 0 bridgehead atoms. The second-order valence-electron chi connectivity index (χ2n) is 4.03. The number of non-ortho nitro benzene ring substituents is 1. The zero-order chi connectivity index (χ0) is 14.5. The molecule has 0 spiro atoms. The largest absolute Gasteiger partial charge is 0.397 e. The molecule has 1 rings (SSSR count). The van der Waals surface area contributed by atoms with Crippen molar-refractivity contribution in [1.29, 1.82) is 0 Å². The van der Waals surface area contributed by atoms with Crippen molar-refractivity contribution in [3.8, 4) is 0 Å². The van der Waals surface area contributed by atoms with Crippen LogP contribution in [0.15, 0.2) is 18.2 Å². The van der Waals surface area contributed by atoms with E-state index in [4.69, 9.17) is 5.73 Å². The van der Waals surface area contributed by atoms with Crippen molar-refractivity contribution < 1.29 is 18.1 Å². The number of hydrogen-bond donors (Lipinski definition) is 2. The summed E-state index contributed by atoms with van der Waals surface area (Å²) in [6, 6.07) is 3.93. The third-order valence-corrected chi connectivity index (χ3v) is 2.45. The van der Waals surface area contributed by atoms with E-state index in [-0.39, 0.29) is 17.8 Å². The van der Waals surface area contributed by atoms with Gasteiger partial charge in [-0.15, -0.1) is 0 Å². The number of benzene rings is 1. The smallest absolute Gasteiger partial charge is 0.389 e. The predicted octanol–water partition coefficient (Wildman–Crippen LogP) is 3.32. The van der Waals surface area contributed by atoms with E-state index in [0.717, 1.165) is 0 Å². The highest BCUT2D eigenvalue weighted by Crippen LogP contribution is 2.25. The van der Waals surface area contributed by atoms with Gasteiger partial charge < -0.3 is 11.1 Å². The maximum Gasteiger partial charge on any atom is 0.389 e. The Morgan fingerprint density at radius 2 is 2.00 bits per heavy atom. The summed E-state index contributed by atoms with van der Waals surface area (Å²) in [5.41, 5.74) is 6.15. The van der Waals surface area contributed by atoms with Crippen LogP contribution in [0.25, 0.3) is 0 Å². The molecule has 8 heteroatoms. The monoisotopic (exact) mass is 277 g/mol. The Bertz CT molecular complexity index is 449. The molecule has 0 saturated heterocycles. The van der Waals surface area contributed by atoms with Crippen LogP contribution in [0.5, 0.6) is 0 Å². The summed E-state index contributed by atoms with van der Waals surface area (Å²) in [7, 11) is 0. The number of nitro benzene ring substituents is 1. The molecule has 0 radical (unpaired) electrons. The van der Waals surface area contributed by atoms with E-state index in [1.807, 2.05) is 0 Å². The van der Waals surface area contributed by atoms with Gasteiger partial charge in [0.2, 0.25) is 0 Å². The van der Waals surface area contributed by atoms with E-state index < -0.39 is 17.5 Å². The molecule has 0 heterocycles. The molecule has 3 N–H and O–H groups in total. The zero-order valence-corrected chi connectivity index (χ0v) is 10.0. The van der Waals surface area contributed by atoms with E-state index in [1.165, 1.54) is 18.2 Å². The first-order valence-electron chi connectivity index (χ1n) is 5.64. The number of unbranched alkanes of at least 4 members (excludes halogenated alkanes) is 1. The molecule has 1 aromatic carbocycles. The van der Waals surface area contributed by atoms with Gasteiger partial charge in [-0.1, -0.05) is 0 Å². The Balaban J connectivity index is 2.40. The molecular weight excluding hydrogens is 263 g/mol. The number of halogens is 3. The van der Waals surface area contributed by atoms with Crippen molar-refractivity contribution in [2.24, 2.45) is 0 Å². The van der Waals surface area contributed by atoms with Crippen molar-refractivity contribution in [2.75, 3.05) is 17.6 Å². The van der Waals surface area contributed by atoms with E-state index >= 15 is 0 Å². The van der Waals surface area contributed by atoms with Crippen LogP contribution in [0.3, 0.4) is 0 Å². The van der Waals surface area contributed by atoms with Gasteiger partial charge in [0.1, 0.15) is 0 Å². The summed E-state index contributed by atoms with van der Waals surface area (Å²) in [6.07, 6.45) is -4.57. The number of alkyl halides is 3. The lowest BCUT2D eigenvalue weighted by atomic mass is 10.2. The average Bonchev–Trinajstić information content (AvgIpc) is 2.28. The van der Waals surface area contributed by atoms with Crippen LogP contribution in [-0.2, 0) is 0 Å². The lowest BCUT2D eigenvalue weighted by Crippen LogP contribution is -2.09. The summed E-state index contributed by atoms with van der Waals surface area (Å²) in [5.74, 6) is 0. The second kappa shape index (κ2) is 6.26. The van der Waals surface area contributed by atoms with Crippen molar-refractivity contribution in [3.05, 3.63) is 28.3 Å². The van der Waals surface area contributed by atoms with Gasteiger partial charge in [0.15, 0.2) is 0 Å². The molecule has 0 aromatic heterocycles. The molecule has 19 heavy (non-hydrogen) atoms. The molecule has 0 aliphatic heterocycles. The van der Waals surface area contributed by atoms with Gasteiger partial charge in [-0.3, -0.25) is 10.1 Å². The first-order valence-corrected chi connectivity index (χ1v) is 5.64. The lowest BCUT2D eigenvalue weighted by molar-refractivity contribution is -0.384. The van der Waals surface area contributed by atoms with E-state index in [0.29, 0.717) is 18.7 Å². The number of nitro groups is 1. The minimum Gasteiger partial charge on any atom is -0.397 e. The fourth-order valence-electron chi connectivity index (χ4n) is 1.50. The van der Waals surface area contributed by atoms with Crippen molar-refractivity contribution in [2.45, 2.75) is 25.4 Å². The maximum absolute atomic E-state index is 11.9. The summed E-state index contributed by atoms with van der Waals surface area (Å²) < 4.78 is 35.7. The molecule has 0 atom stereocenters. The van der Waals surface area contributed by atoms with Crippen LogP contribution in [0.4, 0.5) is 30.2 Å². The van der Waals surface area contributed by atoms with Gasteiger partial charge in [-0.2, -0.15) is 13.2 Å². The number of nitrogens with two attached hydrogens (primary N) is 1. The number of nitrogen functional groups attached to an aromatic ring is 1. The van der Waals surface area contributed by atoms with Crippen molar-refractivity contribution in [3.63, 3.8) is 0 Å². The van der Waals surface area contributed by atoms with Crippen LogP contribution >= 0.6 is 0 Å². The van der Waals surface area contributed by atoms with Crippen molar-refractivity contribution >= 4 is 17.1 Å². The highest BCUT2D eigenvalue weighted by Gasteiger charge is 2.25. The Morgan fingerprint density at radius 1 is 1.32 bits per heavy atom. The third-order valence-electron chi connectivity index (χ3n) is 2.45. The molecule has 0 unspecified atom stereocenters. The van der Waals surface area contributed by atoms with E-state index in [1.54, 1.807) is 0 Å². The number of rotatable bonds is 6. The van der Waals surface area contributed by atoms with Crippen LogP contribution in [0, 0.1) is 10.1 Å². The first kappa shape index (κ1) is 15.1. The summed E-state index contributed by atoms with van der Waals surface area (Å²) in [5, 5.41) is 13.3. The molecule has 0 aliphatic rings. The summed E-state index contributed by atoms with van der Waals surface area (Å²) in [4.78, 5) is 9.91. The number of nitrogens with zero attached hydrogens (tertiary/aromatic N) is 1. The minimum atomic E-state index is -4.13. The van der Waals surface area contributed by atoms with E-state index in [9.17, 15) is 23.3 Å². The standard InChI is InChI=1S/C11H14F3N3O2/c12-11(13,14)5-1-2-6-16-10-4-3-8(17(18)19)7-9(10)15/h3-4,7,16H,1-2,5-6,15H2. The van der Waals surface area contributed by atoms with Crippen LogP contribution in [-0.4, -0.2) is 17.6 Å². The average molecular weight is 277 g/mol. The Labute approximate surface area is 107 Å². The number of anilines is 2. The first-order chi connectivity index (χ1) is 8.79. The molecule has 0 amide bonds. The zero-order valence-electron chi connectivity index (χ0n) is 10.0. The lowest BCUT2D eigenvalue weighted by Gasteiger charge is -2.09. The number of hydrogen-bond acceptors (Lipinski definition) is 4. The molecule has 0 fully saturated rings. The second-order valence-corrected chi connectivity index (χ2v) is 4.03. The Morgan fingerprint density at radius 3 is 2.53 bits per heavy atom. The predicted molar refractivity (Wildman–Crippen MR) is 65.9 cm³/mol. The molecular formula is C11H14F3N3O2. The molecule has 1 aromatic rings. The third kappa shape index (κ3) is 5.45. The summed E-state index contributed by atoms with van der Waals surface area (Å²) >= 11 is 0.